The molecule has 2 atom stereocenters. The van der Waals surface area contributed by atoms with Crippen molar-refractivity contribution in [1.29, 1.82) is 0 Å². The van der Waals surface area contributed by atoms with Crippen molar-refractivity contribution in [3.05, 3.63) is 148 Å². The van der Waals surface area contributed by atoms with Crippen LogP contribution in [0.25, 0.3) is 34.4 Å². The van der Waals surface area contributed by atoms with Crippen molar-refractivity contribution < 1.29 is 45.5 Å². The molecule has 0 aliphatic heterocycles. The predicted octanol–water partition coefficient (Wildman–Crippen LogP) is 13.5. The van der Waals surface area contributed by atoms with E-state index in [1.165, 1.54) is 56.1 Å². The highest BCUT2D eigenvalue weighted by Gasteiger charge is 2.53. The second-order valence-electron chi connectivity index (χ2n) is 18.5. The van der Waals surface area contributed by atoms with Gasteiger partial charge in [-0.15, -0.1) is 22.7 Å². The summed E-state index contributed by atoms with van der Waals surface area (Å²) in [7, 11) is 0. The van der Waals surface area contributed by atoms with Crippen molar-refractivity contribution in [3.63, 3.8) is 0 Å². The smallest absolute Gasteiger partial charge is 0.285 e. The van der Waals surface area contributed by atoms with Crippen LogP contribution in [0.4, 0.5) is 26.3 Å². The van der Waals surface area contributed by atoms with Crippen LogP contribution in [0, 0.1) is 11.8 Å². The molecule has 0 saturated heterocycles. The van der Waals surface area contributed by atoms with Gasteiger partial charge in [0.1, 0.15) is 0 Å². The lowest BCUT2D eigenvalue weighted by Crippen LogP contribution is -2.31. The summed E-state index contributed by atoms with van der Waals surface area (Å²) >= 11 is 3.04. The van der Waals surface area contributed by atoms with Crippen LogP contribution in [0.5, 0.6) is 0 Å². The maximum atomic E-state index is 13.8. The Morgan fingerprint density at radius 3 is 1.25 bits per heavy atom. The van der Waals surface area contributed by atoms with E-state index < -0.39 is 46.6 Å². The monoisotopic (exact) mass is 902 g/mol. The number of carbonyl (C=O) groups excluding carboxylic acids is 4. The summed E-state index contributed by atoms with van der Waals surface area (Å²) in [5, 5.41) is 0. The molecule has 8 aliphatic rings. The maximum absolute atomic E-state index is 13.8. The van der Waals surface area contributed by atoms with Gasteiger partial charge < -0.3 is 0 Å². The first-order valence-corrected chi connectivity index (χ1v) is 23.4. The summed E-state index contributed by atoms with van der Waals surface area (Å²) in [6.45, 7) is 0. The molecule has 4 nitrogen and oxygen atoms in total. The number of hydrogen-bond acceptors (Lipinski definition) is 6. The molecule has 322 valence electrons. The Morgan fingerprint density at radius 2 is 0.875 bits per heavy atom. The second kappa shape index (κ2) is 13.5. The van der Waals surface area contributed by atoms with Gasteiger partial charge in [0.15, 0.2) is 0 Å². The van der Waals surface area contributed by atoms with E-state index in [1.54, 1.807) is 12.2 Å². The van der Waals surface area contributed by atoms with E-state index in [0.717, 1.165) is 120 Å². The number of rotatable bonds is 2. The minimum absolute atomic E-state index is 0.0126. The zero-order valence-corrected chi connectivity index (χ0v) is 35.7. The number of allylic oxidation sites excluding steroid dienone is 10. The SMILES string of the molecule is O=C1C(=O)c2ccc(C(F)(F)F)cc2/C1=C/c1cc2c(s1)C1=CC3C=C4C(=CC3C=C1C21CCCCC1)c1sc(/C=C2\C(=O)C(=O)c3ccc(C(F)(F)F)cc32)cc1C41CCCCC1. The van der Waals surface area contributed by atoms with E-state index in [1.807, 2.05) is 0 Å². The van der Waals surface area contributed by atoms with E-state index in [0.29, 0.717) is 0 Å². The van der Waals surface area contributed by atoms with Gasteiger partial charge in [-0.25, -0.2) is 0 Å². The minimum Gasteiger partial charge on any atom is -0.285 e. The number of ketones is 4. The summed E-state index contributed by atoms with van der Waals surface area (Å²) in [4.78, 5) is 56.1. The predicted molar refractivity (Wildman–Crippen MR) is 235 cm³/mol. The van der Waals surface area contributed by atoms with Crippen molar-refractivity contribution in [3.8, 4) is 0 Å². The summed E-state index contributed by atoms with van der Waals surface area (Å²) < 4.78 is 82.5. The lowest BCUT2D eigenvalue weighted by atomic mass is 9.63. The molecule has 2 heterocycles. The van der Waals surface area contributed by atoms with Crippen LogP contribution < -0.4 is 0 Å². The van der Waals surface area contributed by atoms with Crippen LogP contribution in [0.2, 0.25) is 0 Å². The zero-order valence-electron chi connectivity index (χ0n) is 34.0. The highest BCUT2D eigenvalue weighted by molar-refractivity contribution is 7.15. The number of hydrogen-bond donors (Lipinski definition) is 0. The first kappa shape index (κ1) is 40.1. The second-order valence-corrected chi connectivity index (χ2v) is 20.7. The molecular formula is C52H36F6O4S2. The Morgan fingerprint density at radius 1 is 0.484 bits per heavy atom. The highest BCUT2D eigenvalue weighted by Crippen LogP contribution is 2.65. The van der Waals surface area contributed by atoms with Gasteiger partial charge >= 0.3 is 12.4 Å². The first-order chi connectivity index (χ1) is 30.6. The largest absolute Gasteiger partial charge is 0.416 e. The lowest BCUT2D eigenvalue weighted by Gasteiger charge is -2.40. The zero-order chi connectivity index (χ0) is 44.2. The fraction of sp³-hybridized carbons (Fsp3) is 0.308. The van der Waals surface area contributed by atoms with Gasteiger partial charge in [-0.05, 0) is 131 Å². The molecule has 12 rings (SSSR count). The van der Waals surface area contributed by atoms with Gasteiger partial charge in [-0.2, -0.15) is 26.3 Å². The number of fused-ring (bicyclic) bond motifs is 13. The van der Waals surface area contributed by atoms with E-state index in [9.17, 15) is 45.5 Å². The van der Waals surface area contributed by atoms with Crippen molar-refractivity contribution in [2.45, 2.75) is 87.4 Å². The third-order valence-electron chi connectivity index (χ3n) is 15.2. The van der Waals surface area contributed by atoms with E-state index >= 15 is 0 Å². The number of carbonyl (C=O) groups is 4. The quantitative estimate of drug-likeness (QED) is 0.114. The third kappa shape index (κ3) is 5.60. The average Bonchev–Trinajstić information content (AvgIpc) is 4.09. The highest BCUT2D eigenvalue weighted by atomic mass is 32.1. The van der Waals surface area contributed by atoms with Gasteiger partial charge in [0.2, 0.25) is 23.1 Å². The maximum Gasteiger partial charge on any atom is 0.416 e. The Bertz CT molecular complexity index is 2860. The fourth-order valence-corrected chi connectivity index (χ4v) is 14.7. The number of thiophene rings is 2. The molecule has 2 spiro atoms. The molecule has 2 aromatic carbocycles. The van der Waals surface area contributed by atoms with Gasteiger partial charge in [-0.1, -0.05) is 62.8 Å². The van der Waals surface area contributed by atoms with E-state index in [2.05, 4.69) is 36.4 Å². The van der Waals surface area contributed by atoms with Crippen molar-refractivity contribution in [2.24, 2.45) is 11.8 Å². The number of benzene rings is 2. The van der Waals surface area contributed by atoms with Gasteiger partial charge in [0.25, 0.3) is 0 Å². The Kier molecular flexibility index (Phi) is 8.48. The standard InChI is InChI=1S/C52H36F6O4S2/c53-51(54,55)27-7-9-31-33(19-27)35(45(61)43(31)59)21-29-23-41-47(63-29)37-15-26-18-40-38(16-25(26)17-39(37)49(41)11-3-1-4-12-49)48-42(50(40)13-5-2-6-14-50)24-30(64-48)22-36-34-20-28(52(56,57)58)8-10-32(34)44(60)46(36)62/h7-10,15-26H,1-6,11-14H2/b35-21-,36-22-. The van der Waals surface area contributed by atoms with Crippen molar-refractivity contribution >= 4 is 80.3 Å². The molecule has 8 aliphatic carbocycles. The Labute approximate surface area is 371 Å². The molecule has 4 aromatic rings. The molecule has 2 saturated carbocycles. The molecular weight excluding hydrogens is 867 g/mol. The van der Waals surface area contributed by atoms with Crippen LogP contribution in [0.15, 0.2) is 84.0 Å². The summed E-state index contributed by atoms with van der Waals surface area (Å²) in [5.41, 5.74) is 4.88. The minimum atomic E-state index is -4.63. The molecule has 0 N–H and O–H groups in total. The molecule has 64 heavy (non-hydrogen) atoms. The molecule has 2 unspecified atom stereocenters. The Balaban J connectivity index is 0.944. The van der Waals surface area contributed by atoms with Crippen LogP contribution in [-0.2, 0) is 32.8 Å². The lowest BCUT2D eigenvalue weighted by molar-refractivity contribution is -0.138. The van der Waals surface area contributed by atoms with Gasteiger partial charge in [-0.3, -0.25) is 19.2 Å². The molecule has 2 fully saturated rings. The summed E-state index contributed by atoms with van der Waals surface area (Å²) in [6.07, 6.45) is 13.7. The Hall–Kier alpha value is -5.46. The fourth-order valence-electron chi connectivity index (χ4n) is 12.2. The first-order valence-electron chi connectivity index (χ1n) is 21.8. The molecule has 0 amide bonds. The van der Waals surface area contributed by atoms with Gasteiger partial charge in [0.05, 0.1) is 11.1 Å². The van der Waals surface area contributed by atoms with Crippen molar-refractivity contribution in [1.82, 2.24) is 0 Å². The van der Waals surface area contributed by atoms with Crippen LogP contribution >= 0.6 is 22.7 Å². The molecule has 0 radical (unpaired) electrons. The van der Waals surface area contributed by atoms with E-state index in [-0.39, 0.29) is 56.1 Å². The third-order valence-corrected chi connectivity index (χ3v) is 17.4. The van der Waals surface area contributed by atoms with Crippen molar-refractivity contribution in [2.75, 3.05) is 0 Å². The van der Waals surface area contributed by atoms with Crippen LogP contribution in [0.3, 0.4) is 0 Å². The normalized spacial score (nSPS) is 24.9. The summed E-state index contributed by atoms with van der Waals surface area (Å²) in [6, 6.07) is 9.88. The molecule has 0 bridgehead atoms. The average molecular weight is 903 g/mol. The summed E-state index contributed by atoms with van der Waals surface area (Å²) in [5.74, 6) is -3.11. The number of alkyl halides is 6. The molecule has 12 heteroatoms. The number of halogens is 6. The number of Topliss-reactive ketones (excluding diaryl/α,β-unsaturated/α-hetero) is 4. The van der Waals surface area contributed by atoms with Gasteiger partial charge in [0, 0.05) is 64.4 Å². The van der Waals surface area contributed by atoms with Crippen LogP contribution in [-0.4, -0.2) is 23.1 Å². The van der Waals surface area contributed by atoms with E-state index in [4.69, 9.17) is 0 Å². The van der Waals surface area contributed by atoms with Crippen LogP contribution in [0.1, 0.15) is 138 Å². The molecule has 2 aromatic heterocycles. The topological polar surface area (TPSA) is 68.3 Å².